The van der Waals surface area contributed by atoms with Gasteiger partial charge >= 0.3 is 0 Å². The van der Waals surface area contributed by atoms with Gasteiger partial charge in [-0.25, -0.2) is 17.2 Å². The third-order valence-corrected chi connectivity index (χ3v) is 11.1. The first-order valence-corrected chi connectivity index (χ1v) is 16.9. The van der Waals surface area contributed by atoms with Crippen molar-refractivity contribution >= 4 is 33.2 Å². The fourth-order valence-electron chi connectivity index (χ4n) is 6.45. The molecule has 44 heavy (non-hydrogen) atoms. The minimum absolute atomic E-state index is 0.0179. The normalized spacial score (nSPS) is 19.8. The van der Waals surface area contributed by atoms with Crippen molar-refractivity contribution in [3.8, 4) is 0 Å². The molecule has 3 aromatic carbocycles. The number of anilines is 1. The van der Waals surface area contributed by atoms with Gasteiger partial charge in [0.15, 0.2) is 0 Å². The van der Waals surface area contributed by atoms with Crippen LogP contribution in [0.3, 0.4) is 0 Å². The van der Waals surface area contributed by atoms with E-state index in [9.17, 15) is 17.6 Å². The molecule has 2 saturated heterocycles. The number of nitrogens with zero attached hydrogens (tertiary/aromatic N) is 1. The van der Waals surface area contributed by atoms with E-state index in [0.717, 1.165) is 12.8 Å². The van der Waals surface area contributed by atoms with Crippen molar-refractivity contribution < 1.29 is 26.7 Å². The number of amides is 1. The predicted octanol–water partition coefficient (Wildman–Crippen LogP) is 6.00. The maximum Gasteiger partial charge on any atom is 0.243 e. The first-order valence-electron chi connectivity index (χ1n) is 15.1. The average molecular weight is 646 g/mol. The molecule has 3 aromatic rings. The molecule has 0 spiro atoms. The summed E-state index contributed by atoms with van der Waals surface area (Å²) < 4.78 is 63.7. The van der Waals surface area contributed by atoms with Gasteiger partial charge in [0.1, 0.15) is 11.6 Å². The highest BCUT2D eigenvalue weighted by Crippen LogP contribution is 2.39. The number of benzene rings is 3. The van der Waals surface area contributed by atoms with Crippen LogP contribution < -0.4 is 10.6 Å². The predicted molar refractivity (Wildman–Crippen MR) is 167 cm³/mol. The Morgan fingerprint density at radius 2 is 1.82 bits per heavy atom. The summed E-state index contributed by atoms with van der Waals surface area (Å²) in [6.07, 6.45) is 2.04. The van der Waals surface area contributed by atoms with Crippen molar-refractivity contribution in [2.24, 2.45) is 11.8 Å². The maximum absolute atomic E-state index is 15.3. The van der Waals surface area contributed by atoms with Crippen LogP contribution in [0.1, 0.15) is 43.2 Å². The Kier molecular flexibility index (Phi) is 10.7. The third kappa shape index (κ3) is 7.32. The summed E-state index contributed by atoms with van der Waals surface area (Å²) in [6, 6.07) is 17.1. The van der Waals surface area contributed by atoms with Crippen LogP contribution in [0.5, 0.6) is 0 Å². The van der Waals surface area contributed by atoms with E-state index < -0.39 is 33.6 Å². The molecule has 5 rings (SSSR count). The lowest BCUT2D eigenvalue weighted by Crippen LogP contribution is -2.53. The summed E-state index contributed by atoms with van der Waals surface area (Å²) in [4.78, 5) is 14.0. The number of hydrogen-bond donors (Lipinski definition) is 2. The Hall–Kier alpha value is -2.89. The lowest BCUT2D eigenvalue weighted by atomic mass is 9.74. The van der Waals surface area contributed by atoms with Gasteiger partial charge in [-0.3, -0.25) is 4.79 Å². The van der Waals surface area contributed by atoms with Crippen LogP contribution in [0.2, 0.25) is 5.02 Å². The van der Waals surface area contributed by atoms with Crippen LogP contribution in [-0.2, 0) is 26.0 Å². The first kappa shape index (κ1) is 32.5. The van der Waals surface area contributed by atoms with Crippen molar-refractivity contribution in [2.75, 3.05) is 38.2 Å². The van der Waals surface area contributed by atoms with E-state index in [1.807, 2.05) is 0 Å². The summed E-state index contributed by atoms with van der Waals surface area (Å²) >= 11 is 5.95. The summed E-state index contributed by atoms with van der Waals surface area (Å²) in [5.41, 5.74) is 1.34. The van der Waals surface area contributed by atoms with E-state index in [-0.39, 0.29) is 34.1 Å². The third-order valence-electron chi connectivity index (χ3n) is 8.80. The average Bonchev–Trinajstić information content (AvgIpc) is 3.03. The Morgan fingerprint density at radius 3 is 2.55 bits per heavy atom. The van der Waals surface area contributed by atoms with Crippen molar-refractivity contribution in [1.82, 2.24) is 9.62 Å². The SMILES string of the molecule is C[C@H](C(=O)Nc1cccc(F)c1CC[C@H]1CNCCN1S(=O)(=O)c1ccccc1)C(c1ccc(Cl)c(F)c1)C1CCOCC1. The Morgan fingerprint density at radius 1 is 1.07 bits per heavy atom. The fourth-order valence-corrected chi connectivity index (χ4v) is 8.24. The molecule has 0 aromatic heterocycles. The monoisotopic (exact) mass is 645 g/mol. The van der Waals surface area contributed by atoms with Gasteiger partial charge in [0.25, 0.3) is 0 Å². The lowest BCUT2D eigenvalue weighted by molar-refractivity contribution is -0.120. The molecule has 7 nitrogen and oxygen atoms in total. The van der Waals surface area contributed by atoms with Gasteiger partial charge in [-0.15, -0.1) is 0 Å². The molecule has 2 N–H and O–H groups in total. The molecule has 11 heteroatoms. The zero-order chi connectivity index (χ0) is 31.3. The minimum atomic E-state index is -3.73. The van der Waals surface area contributed by atoms with E-state index in [0.29, 0.717) is 56.1 Å². The van der Waals surface area contributed by atoms with Crippen LogP contribution in [0.25, 0.3) is 0 Å². The highest BCUT2D eigenvalue weighted by molar-refractivity contribution is 7.89. The van der Waals surface area contributed by atoms with Crippen molar-refractivity contribution in [3.63, 3.8) is 0 Å². The first-order chi connectivity index (χ1) is 21.2. The van der Waals surface area contributed by atoms with Gasteiger partial charge in [-0.2, -0.15) is 4.31 Å². The van der Waals surface area contributed by atoms with E-state index in [4.69, 9.17) is 16.3 Å². The molecule has 2 aliphatic heterocycles. The molecule has 2 fully saturated rings. The number of piperazine rings is 1. The number of nitrogens with one attached hydrogen (secondary N) is 2. The molecular weight excluding hydrogens is 608 g/mol. The van der Waals surface area contributed by atoms with Crippen molar-refractivity contribution in [3.05, 3.63) is 94.5 Å². The van der Waals surface area contributed by atoms with Gasteiger partial charge in [0.05, 0.1) is 9.92 Å². The van der Waals surface area contributed by atoms with Gasteiger partial charge in [-0.05, 0) is 79.5 Å². The number of carbonyl (C=O) groups is 1. The number of rotatable bonds is 10. The summed E-state index contributed by atoms with van der Waals surface area (Å²) in [5.74, 6) is -2.10. The molecule has 0 saturated carbocycles. The molecule has 3 atom stereocenters. The van der Waals surface area contributed by atoms with Crippen LogP contribution in [0.15, 0.2) is 71.6 Å². The molecule has 2 heterocycles. The second-order valence-corrected chi connectivity index (χ2v) is 13.8. The van der Waals surface area contributed by atoms with Gasteiger partial charge < -0.3 is 15.4 Å². The molecule has 236 valence electrons. The molecule has 1 unspecified atom stereocenters. The quantitative estimate of drug-likeness (QED) is 0.283. The fraction of sp³-hybridized carbons (Fsp3) is 0.424. The highest BCUT2D eigenvalue weighted by atomic mass is 35.5. The number of hydrogen-bond acceptors (Lipinski definition) is 5. The van der Waals surface area contributed by atoms with Crippen LogP contribution in [0.4, 0.5) is 14.5 Å². The smallest absolute Gasteiger partial charge is 0.243 e. The largest absolute Gasteiger partial charge is 0.381 e. The topological polar surface area (TPSA) is 87.7 Å². The second-order valence-electron chi connectivity index (χ2n) is 11.5. The molecule has 1 amide bonds. The van der Waals surface area contributed by atoms with E-state index in [1.165, 1.54) is 28.6 Å². The highest BCUT2D eigenvalue weighted by Gasteiger charge is 2.35. The zero-order valence-electron chi connectivity index (χ0n) is 24.6. The molecule has 0 bridgehead atoms. The Balaban J connectivity index is 1.35. The maximum atomic E-state index is 15.3. The number of halogens is 3. The lowest BCUT2D eigenvalue weighted by Gasteiger charge is -2.35. The minimum Gasteiger partial charge on any atom is -0.381 e. The molecule has 0 aliphatic carbocycles. The Bertz CT molecular complexity index is 1550. The van der Waals surface area contributed by atoms with Crippen molar-refractivity contribution in [2.45, 2.75) is 49.5 Å². The summed E-state index contributed by atoms with van der Waals surface area (Å²) in [7, 11) is -3.73. The van der Waals surface area contributed by atoms with Crippen LogP contribution >= 0.6 is 11.6 Å². The van der Waals surface area contributed by atoms with E-state index >= 15 is 4.39 Å². The molecule has 2 aliphatic rings. The zero-order valence-corrected chi connectivity index (χ0v) is 26.2. The van der Waals surface area contributed by atoms with Gasteiger partial charge in [-0.1, -0.05) is 48.9 Å². The standard InChI is InChI=1S/C33H38ClF2N3O4S/c1-22(32(23-14-18-43-19-15-23)24-10-13-28(34)30(36)20-24)33(40)38-31-9-5-8-29(35)27(31)12-11-25-21-37-16-17-39(25)44(41,42)26-6-3-2-4-7-26/h2-10,13,20,22-23,25,32,37H,11-12,14-19,21H2,1H3,(H,38,40)/t22-,25-,32?/m0/s1. The number of ether oxygens (including phenoxy) is 1. The molecule has 0 radical (unpaired) electrons. The van der Waals surface area contributed by atoms with Gasteiger partial charge in [0, 0.05) is 56.1 Å². The van der Waals surface area contributed by atoms with E-state index in [2.05, 4.69) is 10.6 Å². The Labute approximate surface area is 263 Å². The van der Waals surface area contributed by atoms with E-state index in [1.54, 1.807) is 49.4 Å². The number of sulfonamides is 1. The second kappa shape index (κ2) is 14.5. The van der Waals surface area contributed by atoms with Crippen LogP contribution in [-0.4, -0.2) is 57.5 Å². The van der Waals surface area contributed by atoms with Crippen molar-refractivity contribution in [1.29, 1.82) is 0 Å². The summed E-state index contributed by atoms with van der Waals surface area (Å²) in [6.45, 7) is 4.19. The van der Waals surface area contributed by atoms with Gasteiger partial charge in [0.2, 0.25) is 15.9 Å². The number of carbonyl (C=O) groups excluding carboxylic acids is 1. The summed E-state index contributed by atoms with van der Waals surface area (Å²) in [5, 5.41) is 6.22. The van der Waals surface area contributed by atoms with Crippen LogP contribution in [0, 0.1) is 23.5 Å². The molecular formula is C33H38ClF2N3O4S.